The minimum absolute atomic E-state index is 0.0362. The summed E-state index contributed by atoms with van der Waals surface area (Å²) in [6.45, 7) is 6.70. The van der Waals surface area contributed by atoms with Crippen LogP contribution in [-0.4, -0.2) is 5.97 Å². The number of benzene rings is 2. The van der Waals surface area contributed by atoms with E-state index in [0.717, 1.165) is 11.6 Å². The van der Waals surface area contributed by atoms with Gasteiger partial charge in [0.05, 0.1) is 10.8 Å². The molecule has 0 bridgehead atoms. The summed E-state index contributed by atoms with van der Waals surface area (Å²) in [4.78, 5) is 24.8. The summed E-state index contributed by atoms with van der Waals surface area (Å²) < 4.78 is 56.2. The summed E-state index contributed by atoms with van der Waals surface area (Å²) in [6, 6.07) is 9.80. The van der Waals surface area contributed by atoms with Crippen LogP contribution >= 0.6 is 0 Å². The Bertz CT molecular complexity index is 1150. The molecule has 0 spiro atoms. The predicted molar refractivity (Wildman–Crippen MR) is 104 cm³/mol. The van der Waals surface area contributed by atoms with Crippen LogP contribution in [0.15, 0.2) is 51.7 Å². The van der Waals surface area contributed by atoms with Gasteiger partial charge in [-0.3, -0.25) is 9.59 Å². The number of alkyl halides is 3. The number of halogens is 3. The summed E-state index contributed by atoms with van der Waals surface area (Å²) in [5, 5.41) is -0.138. The molecule has 2 aromatic carbocycles. The van der Waals surface area contributed by atoms with Gasteiger partial charge in [0.15, 0.2) is 0 Å². The molecule has 0 unspecified atom stereocenters. The van der Waals surface area contributed by atoms with Crippen molar-refractivity contribution in [2.75, 3.05) is 0 Å². The van der Waals surface area contributed by atoms with Gasteiger partial charge in [0.2, 0.25) is 11.2 Å². The van der Waals surface area contributed by atoms with Crippen molar-refractivity contribution in [1.82, 2.24) is 0 Å². The molecule has 0 N–H and O–H groups in total. The molecule has 0 fully saturated rings. The summed E-state index contributed by atoms with van der Waals surface area (Å²) in [7, 11) is 0. The topological polar surface area (TPSA) is 65.7 Å². The lowest BCUT2D eigenvalue weighted by Crippen LogP contribution is -2.25. The van der Waals surface area contributed by atoms with Gasteiger partial charge in [-0.25, -0.2) is 0 Å². The first-order valence-electron chi connectivity index (χ1n) is 9.01. The fourth-order valence-electron chi connectivity index (χ4n) is 2.48. The number of aryl methyl sites for hydroxylation is 1. The van der Waals surface area contributed by atoms with Crippen LogP contribution in [0.1, 0.15) is 32.1 Å². The van der Waals surface area contributed by atoms with Gasteiger partial charge in [0, 0.05) is 6.07 Å². The second-order valence-corrected chi connectivity index (χ2v) is 7.80. The highest BCUT2D eigenvalue weighted by Gasteiger charge is 2.40. The molecule has 3 rings (SSSR count). The number of ether oxygens (including phenoxy) is 2. The molecule has 0 aliphatic carbocycles. The molecule has 158 valence electrons. The largest absolute Gasteiger partial charge is 0.453 e. The minimum atomic E-state index is -4.98. The smallest absolute Gasteiger partial charge is 0.449 e. The summed E-state index contributed by atoms with van der Waals surface area (Å²) >= 11 is 0. The first-order chi connectivity index (χ1) is 13.9. The fraction of sp³-hybridized carbons (Fsp3) is 0.273. The molecule has 0 saturated carbocycles. The van der Waals surface area contributed by atoms with Gasteiger partial charge in [-0.15, -0.1) is 0 Å². The lowest BCUT2D eigenvalue weighted by Gasteiger charge is -2.17. The van der Waals surface area contributed by atoms with Crippen LogP contribution in [0.3, 0.4) is 0 Å². The molecule has 30 heavy (non-hydrogen) atoms. The third-order valence-corrected chi connectivity index (χ3v) is 4.14. The molecule has 0 saturated heterocycles. The van der Waals surface area contributed by atoms with Crippen LogP contribution in [0.5, 0.6) is 17.2 Å². The van der Waals surface area contributed by atoms with Gasteiger partial charge in [-0.2, -0.15) is 13.2 Å². The maximum absolute atomic E-state index is 13.6. The highest BCUT2D eigenvalue weighted by molar-refractivity contribution is 5.82. The van der Waals surface area contributed by atoms with E-state index in [0.29, 0.717) is 0 Å². The molecule has 0 aliphatic heterocycles. The second-order valence-electron chi connectivity index (χ2n) is 7.80. The number of esters is 1. The lowest BCUT2D eigenvalue weighted by atomic mass is 9.97. The number of hydrogen-bond acceptors (Lipinski definition) is 5. The quantitative estimate of drug-likeness (QED) is 0.392. The molecule has 5 nitrogen and oxygen atoms in total. The monoisotopic (exact) mass is 420 g/mol. The number of carbonyl (C=O) groups is 1. The highest BCUT2D eigenvalue weighted by atomic mass is 19.4. The zero-order valence-corrected chi connectivity index (χ0v) is 16.7. The van der Waals surface area contributed by atoms with Crippen LogP contribution in [0.25, 0.3) is 11.0 Å². The van der Waals surface area contributed by atoms with Gasteiger partial charge < -0.3 is 13.9 Å². The molecule has 0 atom stereocenters. The van der Waals surface area contributed by atoms with E-state index in [-0.39, 0.29) is 22.5 Å². The van der Waals surface area contributed by atoms with Crippen LogP contribution in [0, 0.1) is 12.3 Å². The average molecular weight is 420 g/mol. The zero-order valence-electron chi connectivity index (χ0n) is 16.7. The van der Waals surface area contributed by atoms with Crippen molar-refractivity contribution >= 4 is 16.9 Å². The van der Waals surface area contributed by atoms with E-state index in [9.17, 15) is 22.8 Å². The molecule has 1 heterocycles. The van der Waals surface area contributed by atoms with E-state index in [4.69, 9.17) is 13.9 Å². The van der Waals surface area contributed by atoms with Gasteiger partial charge in [-0.1, -0.05) is 17.7 Å². The number of hydrogen-bond donors (Lipinski definition) is 0. The van der Waals surface area contributed by atoms with Crippen molar-refractivity contribution in [1.29, 1.82) is 0 Å². The summed E-state index contributed by atoms with van der Waals surface area (Å²) in [5.41, 5.74) is -1.31. The molecule has 0 radical (unpaired) electrons. The van der Waals surface area contributed by atoms with Gasteiger partial charge in [-0.05, 0) is 52.0 Å². The van der Waals surface area contributed by atoms with Crippen LogP contribution in [0.2, 0.25) is 0 Å². The van der Waals surface area contributed by atoms with Crippen molar-refractivity contribution in [3.05, 3.63) is 64.0 Å². The van der Waals surface area contributed by atoms with E-state index < -0.39 is 34.5 Å². The van der Waals surface area contributed by atoms with Gasteiger partial charge >= 0.3 is 12.1 Å². The molecule has 8 heteroatoms. The predicted octanol–water partition coefficient (Wildman–Crippen LogP) is 5.86. The Balaban J connectivity index is 2.12. The van der Waals surface area contributed by atoms with Gasteiger partial charge in [0.1, 0.15) is 17.1 Å². The van der Waals surface area contributed by atoms with E-state index >= 15 is 0 Å². The molecule has 3 aromatic rings. The Kier molecular flexibility index (Phi) is 5.36. The summed E-state index contributed by atoms with van der Waals surface area (Å²) in [5.74, 6) is -3.09. The maximum Gasteiger partial charge on any atom is 0.453 e. The Hall–Kier alpha value is -3.29. The number of fused-ring (bicyclic) bond motifs is 1. The van der Waals surface area contributed by atoms with Crippen molar-refractivity contribution in [2.45, 2.75) is 33.9 Å². The third-order valence-electron chi connectivity index (χ3n) is 4.14. The normalized spacial score (nSPS) is 12.1. The second kappa shape index (κ2) is 7.51. The molecule has 0 amide bonds. The van der Waals surface area contributed by atoms with Crippen molar-refractivity contribution in [3.63, 3.8) is 0 Å². The Morgan fingerprint density at radius 1 is 0.967 bits per heavy atom. The zero-order chi connectivity index (χ0) is 22.3. The van der Waals surface area contributed by atoms with Crippen LogP contribution in [-0.2, 0) is 11.0 Å². The third kappa shape index (κ3) is 4.48. The average Bonchev–Trinajstić information content (AvgIpc) is 2.63. The van der Waals surface area contributed by atoms with E-state index in [1.165, 1.54) is 24.3 Å². The van der Waals surface area contributed by atoms with E-state index in [1.54, 1.807) is 39.8 Å². The molecule has 1 aromatic heterocycles. The van der Waals surface area contributed by atoms with E-state index in [2.05, 4.69) is 0 Å². The fourth-order valence-corrected chi connectivity index (χ4v) is 2.48. The van der Waals surface area contributed by atoms with Crippen molar-refractivity contribution in [2.24, 2.45) is 5.41 Å². The van der Waals surface area contributed by atoms with Crippen LogP contribution < -0.4 is 14.9 Å². The first-order valence-corrected chi connectivity index (χ1v) is 9.01. The molecular formula is C22H19F3O5. The van der Waals surface area contributed by atoms with Crippen molar-refractivity contribution < 1.29 is 31.9 Å². The van der Waals surface area contributed by atoms with Crippen LogP contribution in [0.4, 0.5) is 13.2 Å². The summed E-state index contributed by atoms with van der Waals surface area (Å²) in [6.07, 6.45) is -4.98. The Morgan fingerprint density at radius 3 is 2.13 bits per heavy atom. The Morgan fingerprint density at radius 2 is 1.57 bits per heavy atom. The number of carbonyl (C=O) groups excluding carboxylic acids is 1. The minimum Gasteiger partial charge on any atom is -0.449 e. The lowest BCUT2D eigenvalue weighted by molar-refractivity contribution is -0.154. The first kappa shape index (κ1) is 21.4. The molecule has 0 aliphatic rings. The number of rotatable bonds is 3. The SMILES string of the molecule is Cc1ccc(Oc2c(C(F)(F)F)oc3cc(OC(=O)C(C)(C)C)ccc3c2=O)cc1. The molecular weight excluding hydrogens is 401 g/mol. The highest BCUT2D eigenvalue weighted by Crippen LogP contribution is 2.38. The Labute approximate surface area is 170 Å². The maximum atomic E-state index is 13.6. The van der Waals surface area contributed by atoms with E-state index in [1.807, 2.05) is 0 Å². The van der Waals surface area contributed by atoms with Gasteiger partial charge in [0.25, 0.3) is 5.76 Å². The van der Waals surface area contributed by atoms with Crippen molar-refractivity contribution in [3.8, 4) is 17.2 Å². The standard InChI is InChI=1S/C22H19F3O5/c1-12-5-7-13(8-6-12)28-18-17(26)15-10-9-14(29-20(27)21(2,3)4)11-16(15)30-19(18)22(23,24)25/h5-11H,1-4H3.